The molecule has 0 bridgehead atoms. The van der Waals surface area contributed by atoms with E-state index in [4.69, 9.17) is 23.9 Å². The Labute approximate surface area is 206 Å². The van der Waals surface area contributed by atoms with Crippen molar-refractivity contribution in [1.29, 1.82) is 0 Å². The average molecular weight is 494 g/mol. The van der Waals surface area contributed by atoms with Crippen molar-refractivity contribution >= 4 is 16.9 Å². The molecule has 3 aliphatic heterocycles. The van der Waals surface area contributed by atoms with Gasteiger partial charge in [-0.15, -0.1) is 0 Å². The molecule has 3 aliphatic rings. The summed E-state index contributed by atoms with van der Waals surface area (Å²) < 4.78 is 23.6. The molecule has 0 radical (unpaired) electrons. The second-order valence-electron chi connectivity index (χ2n) is 9.25. The van der Waals surface area contributed by atoms with Gasteiger partial charge in [0.1, 0.15) is 6.61 Å². The third kappa shape index (κ3) is 3.32. The number of rotatable bonds is 7. The van der Waals surface area contributed by atoms with Crippen LogP contribution in [-0.4, -0.2) is 47.8 Å². The first-order valence-corrected chi connectivity index (χ1v) is 12.1. The number of nitrogens with one attached hydrogen (secondary N) is 1. The number of hydrogen-bond acceptors (Lipinski definition) is 9. The van der Waals surface area contributed by atoms with Gasteiger partial charge in [-0.3, -0.25) is 10.1 Å². The van der Waals surface area contributed by atoms with Crippen molar-refractivity contribution in [2.75, 3.05) is 27.2 Å². The highest BCUT2D eigenvalue weighted by Gasteiger charge is 2.45. The Bertz CT molecular complexity index is 1460. The van der Waals surface area contributed by atoms with Crippen molar-refractivity contribution in [3.8, 4) is 22.9 Å². The van der Waals surface area contributed by atoms with Gasteiger partial charge in [0.25, 0.3) is 5.56 Å². The molecule has 1 aromatic carbocycles. The first-order chi connectivity index (χ1) is 17.5. The van der Waals surface area contributed by atoms with Crippen LogP contribution in [0.5, 0.6) is 11.5 Å². The number of cyclic esters (lactones) is 1. The fourth-order valence-electron chi connectivity index (χ4n) is 5.36. The Morgan fingerprint density at radius 2 is 1.97 bits per heavy atom. The smallest absolute Gasteiger partial charge is 0.343 e. The monoisotopic (exact) mass is 493 g/mol. The number of aliphatic hydroxyl groups is 1. The lowest BCUT2D eigenvalue weighted by Crippen LogP contribution is -2.44. The van der Waals surface area contributed by atoms with E-state index in [2.05, 4.69) is 5.32 Å². The summed E-state index contributed by atoms with van der Waals surface area (Å²) in [5.74, 6) is 0.562. The Hall–Kier alpha value is -3.47. The summed E-state index contributed by atoms with van der Waals surface area (Å²) in [6, 6.07) is 5.55. The average Bonchev–Trinajstić information content (AvgIpc) is 3.49. The number of aromatic nitrogens is 2. The van der Waals surface area contributed by atoms with E-state index in [0.29, 0.717) is 60.3 Å². The molecule has 0 fully saturated rings. The molecule has 1 atom stereocenters. The Morgan fingerprint density at radius 3 is 2.75 bits per heavy atom. The van der Waals surface area contributed by atoms with Gasteiger partial charge in [0.05, 0.1) is 35.7 Å². The third-order valence-corrected chi connectivity index (χ3v) is 7.26. The third-order valence-electron chi connectivity index (χ3n) is 7.26. The van der Waals surface area contributed by atoms with E-state index in [1.54, 1.807) is 17.6 Å². The van der Waals surface area contributed by atoms with Crippen molar-refractivity contribution in [2.24, 2.45) is 0 Å². The van der Waals surface area contributed by atoms with Crippen LogP contribution in [0.25, 0.3) is 22.3 Å². The van der Waals surface area contributed by atoms with E-state index in [1.807, 2.05) is 19.2 Å². The van der Waals surface area contributed by atoms with Crippen molar-refractivity contribution in [1.82, 2.24) is 14.9 Å². The molecule has 0 saturated carbocycles. The number of esters is 1. The summed E-state index contributed by atoms with van der Waals surface area (Å²) in [5, 5.41) is 15.0. The number of pyridine rings is 2. The number of hydrogen-bond donors (Lipinski definition) is 2. The number of aryl methyl sites for hydroxylation is 1. The van der Waals surface area contributed by atoms with E-state index in [0.717, 1.165) is 28.5 Å². The highest BCUT2D eigenvalue weighted by molar-refractivity contribution is 5.91. The second-order valence-corrected chi connectivity index (χ2v) is 9.25. The summed E-state index contributed by atoms with van der Waals surface area (Å²) in [5.41, 5.74) is 2.48. The van der Waals surface area contributed by atoms with Crippen LogP contribution < -0.4 is 20.3 Å². The topological polar surface area (TPSA) is 121 Å². The van der Waals surface area contributed by atoms with E-state index < -0.39 is 11.6 Å². The maximum Gasteiger partial charge on any atom is 0.343 e. The molecule has 5 heterocycles. The normalized spacial score (nSPS) is 19.2. The number of carbonyl (C=O) groups is 1. The molecule has 2 aromatic heterocycles. The maximum absolute atomic E-state index is 13.6. The van der Waals surface area contributed by atoms with Crippen molar-refractivity contribution in [3.63, 3.8) is 0 Å². The standard InChI is InChI=1S/C26H27N3O7/c1-3-26(32)18-8-20-23-16(10-29(20)24(30)17(18)11-34-25(26)31)14(5-4-6-33-12-27-2)15-7-21-22(36-13-35-21)9-19(15)28-23/h7-9,27,32H,3-6,10-13H2,1-2H3/t26-/m0/s1. The van der Waals surface area contributed by atoms with Gasteiger partial charge in [0.2, 0.25) is 6.79 Å². The zero-order chi connectivity index (χ0) is 25.0. The summed E-state index contributed by atoms with van der Waals surface area (Å²) in [6.45, 7) is 3.10. The van der Waals surface area contributed by atoms with E-state index in [1.165, 1.54) is 0 Å². The summed E-state index contributed by atoms with van der Waals surface area (Å²) >= 11 is 0. The minimum absolute atomic E-state index is 0.0983. The summed E-state index contributed by atoms with van der Waals surface area (Å²) in [4.78, 5) is 31.0. The van der Waals surface area contributed by atoms with Crippen LogP contribution in [0.4, 0.5) is 0 Å². The van der Waals surface area contributed by atoms with Crippen LogP contribution in [0.15, 0.2) is 23.0 Å². The fourth-order valence-corrected chi connectivity index (χ4v) is 5.36. The molecule has 10 heteroatoms. The van der Waals surface area contributed by atoms with E-state index in [9.17, 15) is 14.7 Å². The van der Waals surface area contributed by atoms with Crippen molar-refractivity contribution < 1.29 is 28.8 Å². The van der Waals surface area contributed by atoms with Gasteiger partial charge < -0.3 is 28.6 Å². The molecule has 0 aliphatic carbocycles. The molecule has 10 nitrogen and oxygen atoms in total. The van der Waals surface area contributed by atoms with Crippen LogP contribution in [0, 0.1) is 0 Å². The molecule has 0 saturated heterocycles. The number of benzene rings is 1. The van der Waals surface area contributed by atoms with Gasteiger partial charge in [-0.2, -0.15) is 0 Å². The molecule has 6 rings (SSSR count). The lowest BCUT2D eigenvalue weighted by atomic mass is 9.86. The van der Waals surface area contributed by atoms with Gasteiger partial charge in [-0.25, -0.2) is 9.78 Å². The zero-order valence-corrected chi connectivity index (χ0v) is 20.2. The highest BCUT2D eigenvalue weighted by Crippen LogP contribution is 2.43. The number of nitrogens with zero attached hydrogens (tertiary/aromatic N) is 2. The minimum atomic E-state index is -1.86. The molecule has 2 N–H and O–H groups in total. The molecule has 3 aromatic rings. The van der Waals surface area contributed by atoms with E-state index in [-0.39, 0.29) is 25.4 Å². The molecule has 36 heavy (non-hydrogen) atoms. The minimum Gasteiger partial charge on any atom is -0.458 e. The fraction of sp³-hybridized carbons (Fsp3) is 0.423. The maximum atomic E-state index is 13.6. The van der Waals surface area contributed by atoms with Gasteiger partial charge in [0.15, 0.2) is 17.1 Å². The van der Waals surface area contributed by atoms with Crippen LogP contribution >= 0.6 is 0 Å². The lowest BCUT2D eigenvalue weighted by Gasteiger charge is -2.31. The second kappa shape index (κ2) is 8.58. The predicted molar refractivity (Wildman–Crippen MR) is 129 cm³/mol. The molecular formula is C26H27N3O7. The van der Waals surface area contributed by atoms with Crippen LogP contribution in [0.2, 0.25) is 0 Å². The SMILES string of the molecule is CC[C@@]1(O)C(=O)OCc2c1cc1n(c2=O)Cc2c-1nc1cc3c(cc1c2CCCOCNC)OCO3. The Balaban J connectivity index is 1.53. The molecule has 0 amide bonds. The number of carbonyl (C=O) groups excluding carboxylic acids is 1. The Kier molecular flexibility index (Phi) is 5.47. The first kappa shape index (κ1) is 23.0. The zero-order valence-electron chi connectivity index (χ0n) is 20.2. The van der Waals surface area contributed by atoms with Gasteiger partial charge in [-0.1, -0.05) is 6.92 Å². The van der Waals surface area contributed by atoms with Crippen molar-refractivity contribution in [3.05, 3.63) is 50.8 Å². The number of fused-ring (bicyclic) bond motifs is 6. The highest BCUT2D eigenvalue weighted by atomic mass is 16.7. The van der Waals surface area contributed by atoms with E-state index >= 15 is 0 Å². The predicted octanol–water partition coefficient (Wildman–Crippen LogP) is 1.93. The molecule has 0 spiro atoms. The number of ether oxygens (including phenoxy) is 4. The molecule has 188 valence electrons. The van der Waals surface area contributed by atoms with Crippen LogP contribution in [0.1, 0.15) is 42.0 Å². The Morgan fingerprint density at radius 1 is 1.17 bits per heavy atom. The quantitative estimate of drug-likeness (QED) is 0.226. The first-order valence-electron chi connectivity index (χ1n) is 12.1. The van der Waals surface area contributed by atoms with Crippen LogP contribution in [-0.2, 0) is 39.4 Å². The van der Waals surface area contributed by atoms with Gasteiger partial charge in [0, 0.05) is 29.2 Å². The van der Waals surface area contributed by atoms with Crippen molar-refractivity contribution in [2.45, 2.75) is 44.9 Å². The lowest BCUT2D eigenvalue weighted by molar-refractivity contribution is -0.172. The van der Waals surface area contributed by atoms with Gasteiger partial charge >= 0.3 is 5.97 Å². The molecular weight excluding hydrogens is 466 g/mol. The van der Waals surface area contributed by atoms with Gasteiger partial charge in [-0.05, 0) is 44.0 Å². The summed E-state index contributed by atoms with van der Waals surface area (Å²) in [6.07, 6.45) is 1.59. The summed E-state index contributed by atoms with van der Waals surface area (Å²) in [7, 11) is 1.83. The molecule has 0 unspecified atom stereocenters. The largest absolute Gasteiger partial charge is 0.458 e. The van der Waals surface area contributed by atoms with Crippen LogP contribution in [0.3, 0.4) is 0 Å².